The predicted molar refractivity (Wildman–Crippen MR) is 103 cm³/mol. The van der Waals surface area contributed by atoms with E-state index in [0.717, 1.165) is 28.7 Å². The van der Waals surface area contributed by atoms with Gasteiger partial charge in [-0.25, -0.2) is 0 Å². The number of aromatic hydroxyl groups is 1. The molecule has 0 bridgehead atoms. The number of carbonyl (C=O) groups is 1. The lowest BCUT2D eigenvalue weighted by Crippen LogP contribution is -2.19. The molecule has 140 valence electrons. The highest BCUT2D eigenvalue weighted by Gasteiger charge is 2.24. The van der Waals surface area contributed by atoms with E-state index >= 15 is 0 Å². The van der Waals surface area contributed by atoms with Gasteiger partial charge in [0.25, 0.3) is 5.91 Å². The Morgan fingerprint density at radius 1 is 1.21 bits per heavy atom. The molecule has 1 saturated heterocycles. The maximum Gasteiger partial charge on any atom is 0.433 e. The van der Waals surface area contributed by atoms with E-state index in [2.05, 4.69) is 20.5 Å². The van der Waals surface area contributed by atoms with Gasteiger partial charge in [0, 0.05) is 0 Å². The number of rotatable bonds is 4. The lowest BCUT2D eigenvalue weighted by molar-refractivity contribution is -0.401. The van der Waals surface area contributed by atoms with Gasteiger partial charge < -0.3 is 14.8 Å². The van der Waals surface area contributed by atoms with Crippen molar-refractivity contribution in [1.82, 2.24) is 15.5 Å². The smallest absolute Gasteiger partial charge is 0.433 e. The molecule has 1 aliphatic heterocycles. The molecular formula is C16H9N5O5S2. The molecule has 0 spiro atoms. The van der Waals surface area contributed by atoms with Crippen molar-refractivity contribution in [3.05, 3.63) is 57.0 Å². The maximum atomic E-state index is 12.1. The van der Waals surface area contributed by atoms with Gasteiger partial charge >= 0.3 is 5.88 Å². The number of phenols is 1. The minimum Gasteiger partial charge on any atom is -0.508 e. The van der Waals surface area contributed by atoms with Crippen molar-refractivity contribution in [3.8, 4) is 16.5 Å². The number of benzene rings is 1. The first-order valence-electron chi connectivity index (χ1n) is 7.65. The van der Waals surface area contributed by atoms with Crippen molar-refractivity contribution in [2.45, 2.75) is 0 Å². The van der Waals surface area contributed by atoms with Gasteiger partial charge in [-0.05, 0) is 41.6 Å². The van der Waals surface area contributed by atoms with E-state index in [1.165, 1.54) is 24.3 Å². The first-order chi connectivity index (χ1) is 13.5. The molecule has 4 rings (SSSR count). The first-order valence-corrected chi connectivity index (χ1v) is 9.28. The summed E-state index contributed by atoms with van der Waals surface area (Å²) in [5, 5.41) is 31.4. The van der Waals surface area contributed by atoms with Crippen LogP contribution in [0.3, 0.4) is 0 Å². The zero-order valence-electron chi connectivity index (χ0n) is 13.7. The molecule has 0 aliphatic carbocycles. The molecule has 2 N–H and O–H groups in total. The van der Waals surface area contributed by atoms with Crippen LogP contribution >= 0.6 is 23.1 Å². The summed E-state index contributed by atoms with van der Waals surface area (Å²) in [6.07, 6.45) is 1.68. The summed E-state index contributed by atoms with van der Waals surface area (Å²) < 4.78 is 5.08. The summed E-state index contributed by atoms with van der Waals surface area (Å²) in [5.41, 5.74) is 0.759. The van der Waals surface area contributed by atoms with E-state index in [1.54, 1.807) is 18.2 Å². The van der Waals surface area contributed by atoms with Crippen molar-refractivity contribution < 1.29 is 19.2 Å². The van der Waals surface area contributed by atoms with Gasteiger partial charge in [0.15, 0.2) is 15.9 Å². The molecule has 1 aromatic carbocycles. The van der Waals surface area contributed by atoms with Crippen LogP contribution in [-0.2, 0) is 4.79 Å². The summed E-state index contributed by atoms with van der Waals surface area (Å²) in [4.78, 5) is 26.8. The van der Waals surface area contributed by atoms with Gasteiger partial charge in [0.2, 0.25) is 5.13 Å². The number of thioether (sulfide) groups is 1. The van der Waals surface area contributed by atoms with Gasteiger partial charge in [-0.2, -0.15) is 4.99 Å². The number of nitrogens with zero attached hydrogens (tertiary/aromatic N) is 4. The van der Waals surface area contributed by atoms with Crippen LogP contribution in [0.25, 0.3) is 16.8 Å². The Bertz CT molecular complexity index is 1130. The van der Waals surface area contributed by atoms with Crippen LogP contribution < -0.4 is 5.32 Å². The van der Waals surface area contributed by atoms with E-state index in [0.29, 0.717) is 15.1 Å². The molecule has 1 aliphatic rings. The zero-order valence-corrected chi connectivity index (χ0v) is 15.4. The Balaban J connectivity index is 1.52. The Morgan fingerprint density at radius 3 is 2.71 bits per heavy atom. The normalized spacial score (nSPS) is 16.6. The molecular weight excluding hydrogens is 406 g/mol. The molecule has 3 aromatic rings. The summed E-state index contributed by atoms with van der Waals surface area (Å²) >= 11 is 2.21. The number of carbonyl (C=O) groups excluding carboxylic acids is 1. The molecule has 0 unspecified atom stereocenters. The first kappa shape index (κ1) is 17.9. The Labute approximate surface area is 164 Å². The number of furan rings is 1. The second-order valence-electron chi connectivity index (χ2n) is 5.36. The number of aromatic nitrogens is 2. The van der Waals surface area contributed by atoms with Gasteiger partial charge in [0.05, 0.1) is 11.0 Å². The number of nitro groups is 1. The van der Waals surface area contributed by atoms with Crippen LogP contribution in [0, 0.1) is 10.1 Å². The number of hydrogen-bond acceptors (Lipinski definition) is 10. The lowest BCUT2D eigenvalue weighted by Gasteiger charge is -1.95. The number of amidine groups is 1. The SMILES string of the molecule is O=C1NC(=Nc2nnc(-c3ccc([N+](=O)[O-])o3)s2)SC1=Cc1ccc(O)cc1. The van der Waals surface area contributed by atoms with Crippen molar-refractivity contribution in [2.75, 3.05) is 0 Å². The molecule has 2 aromatic heterocycles. The van der Waals surface area contributed by atoms with Crippen LogP contribution in [0.4, 0.5) is 11.0 Å². The monoisotopic (exact) mass is 415 g/mol. The quantitative estimate of drug-likeness (QED) is 0.375. The number of nitrogens with one attached hydrogen (secondary N) is 1. The molecule has 10 nitrogen and oxygen atoms in total. The maximum absolute atomic E-state index is 12.1. The van der Waals surface area contributed by atoms with Crippen LogP contribution in [0.1, 0.15) is 5.56 Å². The van der Waals surface area contributed by atoms with E-state index in [9.17, 15) is 20.0 Å². The minimum atomic E-state index is -0.641. The Kier molecular flexibility index (Phi) is 4.63. The van der Waals surface area contributed by atoms with Crippen molar-refractivity contribution in [1.29, 1.82) is 0 Å². The summed E-state index contributed by atoms with van der Waals surface area (Å²) in [7, 11) is 0. The van der Waals surface area contributed by atoms with Crippen molar-refractivity contribution >= 4 is 51.3 Å². The van der Waals surface area contributed by atoms with E-state index in [4.69, 9.17) is 4.42 Å². The molecule has 28 heavy (non-hydrogen) atoms. The highest BCUT2D eigenvalue weighted by Crippen LogP contribution is 2.33. The molecule has 12 heteroatoms. The molecule has 3 heterocycles. The van der Waals surface area contributed by atoms with Crippen LogP contribution in [0.2, 0.25) is 0 Å². The molecule has 0 saturated carbocycles. The minimum absolute atomic E-state index is 0.141. The number of phenolic OH excluding ortho intramolecular Hbond substituents is 1. The number of amides is 1. The topological polar surface area (TPSA) is 144 Å². The second kappa shape index (κ2) is 7.25. The fraction of sp³-hybridized carbons (Fsp3) is 0. The predicted octanol–water partition coefficient (Wildman–Crippen LogP) is 3.30. The van der Waals surface area contributed by atoms with E-state index in [1.807, 2.05) is 0 Å². The van der Waals surface area contributed by atoms with Crippen LogP contribution in [-0.4, -0.2) is 31.3 Å². The zero-order chi connectivity index (χ0) is 19.7. The highest BCUT2D eigenvalue weighted by molar-refractivity contribution is 8.18. The average molecular weight is 415 g/mol. The third kappa shape index (κ3) is 3.77. The van der Waals surface area contributed by atoms with Gasteiger partial charge in [0.1, 0.15) is 10.7 Å². The Morgan fingerprint density at radius 2 is 2.00 bits per heavy atom. The van der Waals surface area contributed by atoms with Crippen molar-refractivity contribution in [3.63, 3.8) is 0 Å². The van der Waals surface area contributed by atoms with Crippen LogP contribution in [0.5, 0.6) is 5.75 Å². The van der Waals surface area contributed by atoms with E-state index in [-0.39, 0.29) is 28.4 Å². The standard InChI is InChI=1S/C16H9N5O5S2/c22-9-3-1-8(2-4-9)7-11-13(23)17-15(27-11)18-16-20-19-14(28-16)10-5-6-12(26-10)21(24)25/h1-7,22H,(H,17,18,20,23). The largest absolute Gasteiger partial charge is 0.508 e. The van der Waals surface area contributed by atoms with Gasteiger partial charge in [-0.3, -0.25) is 14.9 Å². The lowest BCUT2D eigenvalue weighted by atomic mass is 10.2. The third-order valence-corrected chi connectivity index (χ3v) is 5.18. The van der Waals surface area contributed by atoms with Gasteiger partial charge in [-0.1, -0.05) is 23.5 Å². The molecule has 0 atom stereocenters. The highest BCUT2D eigenvalue weighted by atomic mass is 32.2. The third-order valence-electron chi connectivity index (χ3n) is 3.44. The second-order valence-corrected chi connectivity index (χ2v) is 7.34. The summed E-state index contributed by atoms with van der Waals surface area (Å²) in [5.74, 6) is -0.336. The average Bonchev–Trinajstić information content (AvgIpc) is 3.38. The summed E-state index contributed by atoms with van der Waals surface area (Å²) in [6, 6.07) is 9.09. The molecule has 1 fully saturated rings. The van der Waals surface area contributed by atoms with Crippen LogP contribution in [0.15, 0.2) is 50.7 Å². The molecule has 1 amide bonds. The van der Waals surface area contributed by atoms with Crippen molar-refractivity contribution in [2.24, 2.45) is 4.99 Å². The number of hydrogen-bond donors (Lipinski definition) is 2. The number of aliphatic imine (C=N–C) groups is 1. The van der Waals surface area contributed by atoms with E-state index < -0.39 is 4.92 Å². The fourth-order valence-corrected chi connectivity index (χ4v) is 3.75. The Hall–Kier alpha value is -3.51. The summed E-state index contributed by atoms with van der Waals surface area (Å²) in [6.45, 7) is 0. The van der Waals surface area contributed by atoms with Gasteiger partial charge in [-0.15, -0.1) is 10.2 Å². The fourth-order valence-electron chi connectivity index (χ4n) is 2.19. The molecule has 0 radical (unpaired) electrons.